The molecule has 1 saturated heterocycles. The van der Waals surface area contributed by atoms with E-state index in [1.807, 2.05) is 31.2 Å². The first-order valence-corrected chi connectivity index (χ1v) is 12.2. The fourth-order valence-corrected chi connectivity index (χ4v) is 4.34. The van der Waals surface area contributed by atoms with Gasteiger partial charge < -0.3 is 19.6 Å². The molecule has 0 aliphatic carbocycles. The van der Waals surface area contributed by atoms with Gasteiger partial charge in [0.1, 0.15) is 11.5 Å². The highest BCUT2D eigenvalue weighted by atomic mass is 16.5. The fraction of sp³-hybridized carbons (Fsp3) is 0.429. The molecular weight excluding hydrogens is 428 g/mol. The highest BCUT2D eigenvalue weighted by Gasteiger charge is 2.45. The molecule has 6 nitrogen and oxygen atoms in total. The molecule has 0 saturated carbocycles. The quantitative estimate of drug-likeness (QED) is 0.305. The first-order valence-electron chi connectivity index (χ1n) is 12.2. The Bertz CT molecular complexity index is 1020. The van der Waals surface area contributed by atoms with Crippen LogP contribution in [0.25, 0.3) is 5.76 Å². The summed E-state index contributed by atoms with van der Waals surface area (Å²) in [4.78, 5) is 30.1. The van der Waals surface area contributed by atoms with E-state index in [1.165, 1.54) is 5.56 Å². The van der Waals surface area contributed by atoms with Crippen molar-refractivity contribution in [3.63, 3.8) is 0 Å². The third-order valence-corrected chi connectivity index (χ3v) is 6.45. The van der Waals surface area contributed by atoms with Crippen LogP contribution in [0.15, 0.2) is 54.1 Å². The molecule has 1 aliphatic rings. The van der Waals surface area contributed by atoms with Crippen molar-refractivity contribution in [2.45, 2.75) is 46.6 Å². The van der Waals surface area contributed by atoms with Crippen molar-refractivity contribution in [3.05, 3.63) is 70.8 Å². The van der Waals surface area contributed by atoms with Crippen molar-refractivity contribution < 1.29 is 19.4 Å². The van der Waals surface area contributed by atoms with Crippen LogP contribution in [0.1, 0.15) is 63.3 Å². The van der Waals surface area contributed by atoms with Crippen LogP contribution in [0.3, 0.4) is 0 Å². The van der Waals surface area contributed by atoms with Crippen LogP contribution in [0, 0.1) is 0 Å². The summed E-state index contributed by atoms with van der Waals surface area (Å²) in [5.74, 6) is -0.336. The summed E-state index contributed by atoms with van der Waals surface area (Å²) in [5.41, 5.74) is 2.60. The topological polar surface area (TPSA) is 70.1 Å². The van der Waals surface area contributed by atoms with Crippen molar-refractivity contribution in [2.75, 3.05) is 32.8 Å². The predicted octanol–water partition coefficient (Wildman–Crippen LogP) is 4.97. The zero-order valence-corrected chi connectivity index (χ0v) is 20.9. The Balaban J connectivity index is 2.06. The number of Topliss-reactive ketones (excluding diaryl/α,β-unsaturated/α-hetero) is 1. The molecule has 0 spiro atoms. The maximum absolute atomic E-state index is 13.2. The molecule has 3 rings (SSSR count). The van der Waals surface area contributed by atoms with Gasteiger partial charge in [0.25, 0.3) is 11.7 Å². The second kappa shape index (κ2) is 11.3. The molecule has 2 aromatic carbocycles. The largest absolute Gasteiger partial charge is 0.507 e. The Kier molecular flexibility index (Phi) is 8.51. The van der Waals surface area contributed by atoms with E-state index in [0.29, 0.717) is 36.9 Å². The van der Waals surface area contributed by atoms with E-state index in [9.17, 15) is 14.7 Å². The van der Waals surface area contributed by atoms with Crippen LogP contribution >= 0.6 is 0 Å². The molecule has 1 fully saturated rings. The Morgan fingerprint density at radius 3 is 2.15 bits per heavy atom. The van der Waals surface area contributed by atoms with Gasteiger partial charge in [-0.3, -0.25) is 9.59 Å². The highest BCUT2D eigenvalue weighted by molar-refractivity contribution is 6.46. The van der Waals surface area contributed by atoms with Gasteiger partial charge in [-0.05, 0) is 61.3 Å². The van der Waals surface area contributed by atoms with Gasteiger partial charge in [0.05, 0.1) is 18.2 Å². The van der Waals surface area contributed by atoms with Crippen molar-refractivity contribution in [2.24, 2.45) is 0 Å². The number of carbonyl (C=O) groups is 2. The summed E-state index contributed by atoms with van der Waals surface area (Å²) < 4.78 is 5.49. The maximum atomic E-state index is 13.2. The lowest BCUT2D eigenvalue weighted by Gasteiger charge is -2.28. The van der Waals surface area contributed by atoms with Crippen LogP contribution in [0.4, 0.5) is 0 Å². The molecule has 2 aromatic rings. The highest BCUT2D eigenvalue weighted by Crippen LogP contribution is 2.39. The minimum atomic E-state index is -0.649. The average Bonchev–Trinajstić information content (AvgIpc) is 3.10. The van der Waals surface area contributed by atoms with E-state index in [0.717, 1.165) is 18.7 Å². The normalized spacial score (nSPS) is 17.7. The van der Waals surface area contributed by atoms with E-state index in [4.69, 9.17) is 4.74 Å². The van der Waals surface area contributed by atoms with Crippen LogP contribution in [-0.4, -0.2) is 59.4 Å². The van der Waals surface area contributed by atoms with Gasteiger partial charge in [-0.2, -0.15) is 0 Å². The predicted molar refractivity (Wildman–Crippen MR) is 135 cm³/mol. The number of hydrogen-bond acceptors (Lipinski definition) is 5. The molecule has 1 aliphatic heterocycles. The second-order valence-corrected chi connectivity index (χ2v) is 8.80. The molecule has 182 valence electrons. The molecule has 1 atom stereocenters. The fourth-order valence-electron chi connectivity index (χ4n) is 4.34. The van der Waals surface area contributed by atoms with Gasteiger partial charge in [-0.1, -0.05) is 52.0 Å². The number of rotatable bonds is 10. The minimum Gasteiger partial charge on any atom is -0.507 e. The summed E-state index contributed by atoms with van der Waals surface area (Å²) in [7, 11) is 0. The molecular formula is C28H36N2O4. The molecule has 6 heteroatoms. The van der Waals surface area contributed by atoms with E-state index < -0.39 is 17.7 Å². The summed E-state index contributed by atoms with van der Waals surface area (Å²) in [6.45, 7) is 13.6. The summed E-state index contributed by atoms with van der Waals surface area (Å²) in [6, 6.07) is 14.3. The number of ether oxygens (including phenoxy) is 1. The molecule has 1 N–H and O–H groups in total. The zero-order chi connectivity index (χ0) is 24.8. The molecule has 34 heavy (non-hydrogen) atoms. The Hall–Kier alpha value is -3.12. The number of likely N-dealkylation sites (N-methyl/N-ethyl adjacent to an activating group) is 1. The van der Waals surface area contributed by atoms with Gasteiger partial charge in [0.2, 0.25) is 0 Å². The number of benzene rings is 2. The summed E-state index contributed by atoms with van der Waals surface area (Å²) >= 11 is 0. The Labute approximate surface area is 202 Å². The van der Waals surface area contributed by atoms with Crippen molar-refractivity contribution in [1.82, 2.24) is 9.80 Å². The number of aliphatic hydroxyl groups is 1. The van der Waals surface area contributed by atoms with E-state index in [-0.39, 0.29) is 11.3 Å². The number of nitrogens with zero attached hydrogens (tertiary/aromatic N) is 2. The van der Waals surface area contributed by atoms with Crippen LogP contribution < -0.4 is 4.74 Å². The van der Waals surface area contributed by atoms with Gasteiger partial charge >= 0.3 is 0 Å². The number of ketones is 1. The van der Waals surface area contributed by atoms with Gasteiger partial charge in [-0.15, -0.1) is 0 Å². The number of carbonyl (C=O) groups excluding carboxylic acids is 2. The summed E-state index contributed by atoms with van der Waals surface area (Å²) in [6.07, 6.45) is 0. The van der Waals surface area contributed by atoms with E-state index >= 15 is 0 Å². The first kappa shape index (κ1) is 25.5. The average molecular weight is 465 g/mol. The number of hydrogen-bond donors (Lipinski definition) is 1. The molecule has 1 amide bonds. The minimum absolute atomic E-state index is 0.131. The summed E-state index contributed by atoms with van der Waals surface area (Å²) in [5, 5.41) is 11.2. The second-order valence-electron chi connectivity index (χ2n) is 8.80. The SMILES string of the molecule is CCOc1ccc(/C(O)=C2/C(=O)C(=O)N(CCN(CC)CC)C2c2ccc(C(C)C)cc2)cc1. The third-order valence-electron chi connectivity index (χ3n) is 6.45. The van der Waals surface area contributed by atoms with Crippen molar-refractivity contribution in [3.8, 4) is 5.75 Å². The molecule has 1 unspecified atom stereocenters. The zero-order valence-electron chi connectivity index (χ0n) is 20.9. The lowest BCUT2D eigenvalue weighted by Crippen LogP contribution is -2.38. The number of amides is 1. The molecule has 1 heterocycles. The molecule has 0 aromatic heterocycles. The smallest absolute Gasteiger partial charge is 0.295 e. The molecule has 0 bridgehead atoms. The van der Waals surface area contributed by atoms with Crippen LogP contribution in [-0.2, 0) is 9.59 Å². The number of likely N-dealkylation sites (tertiary alicyclic amines) is 1. The van der Waals surface area contributed by atoms with Crippen LogP contribution in [0.2, 0.25) is 0 Å². The number of aliphatic hydroxyl groups excluding tert-OH is 1. The maximum Gasteiger partial charge on any atom is 0.295 e. The standard InChI is InChI=1S/C28H36N2O4/c1-6-29(7-2)17-18-30-25(21-11-9-20(10-12-21)19(4)5)24(27(32)28(30)33)26(31)22-13-15-23(16-14-22)34-8-3/h9-16,19,25,31H,6-8,17-18H2,1-5H3/b26-24-. The third kappa shape index (κ3) is 5.33. The first-order chi connectivity index (χ1) is 16.3. The Morgan fingerprint density at radius 2 is 1.62 bits per heavy atom. The molecule has 0 radical (unpaired) electrons. The van der Waals surface area contributed by atoms with E-state index in [2.05, 4.69) is 32.6 Å². The van der Waals surface area contributed by atoms with Crippen molar-refractivity contribution in [1.29, 1.82) is 0 Å². The van der Waals surface area contributed by atoms with Gasteiger partial charge in [-0.25, -0.2) is 0 Å². The van der Waals surface area contributed by atoms with Crippen molar-refractivity contribution >= 4 is 17.4 Å². The lowest BCUT2D eigenvalue weighted by molar-refractivity contribution is -0.140. The Morgan fingerprint density at radius 1 is 1.00 bits per heavy atom. The lowest BCUT2D eigenvalue weighted by atomic mass is 9.93. The van der Waals surface area contributed by atoms with Gasteiger partial charge in [0, 0.05) is 18.7 Å². The monoisotopic (exact) mass is 464 g/mol. The van der Waals surface area contributed by atoms with Gasteiger partial charge in [0.15, 0.2) is 0 Å². The van der Waals surface area contributed by atoms with E-state index in [1.54, 1.807) is 29.2 Å². The van der Waals surface area contributed by atoms with Crippen LogP contribution in [0.5, 0.6) is 5.75 Å².